The molecule has 0 N–H and O–H groups in total. The van der Waals surface area contributed by atoms with Crippen molar-refractivity contribution in [1.29, 1.82) is 0 Å². The molecular weight excluding hydrogens is 400 g/mol. The summed E-state index contributed by atoms with van der Waals surface area (Å²) in [4.78, 5) is 11.7. The molecule has 2 atom stereocenters. The Labute approximate surface area is 193 Å². The van der Waals surface area contributed by atoms with E-state index in [1.54, 1.807) is 6.08 Å². The fourth-order valence-electron chi connectivity index (χ4n) is 6.00. The van der Waals surface area contributed by atoms with E-state index < -0.39 is 6.29 Å². The Bertz CT molecular complexity index is 749. The molecule has 0 spiro atoms. The molecule has 5 rings (SSSR count). The maximum Gasteiger partial charge on any atom is 0.332 e. The number of hydrogen-bond donors (Lipinski definition) is 0. The average Bonchev–Trinajstić information content (AvgIpc) is 2.85. The van der Waals surface area contributed by atoms with E-state index in [9.17, 15) is 4.79 Å². The summed E-state index contributed by atoms with van der Waals surface area (Å²) in [6.07, 6.45) is 17.1. The van der Waals surface area contributed by atoms with Crippen molar-refractivity contribution >= 4 is 5.97 Å². The number of carbonyl (C=O) groups excluding carboxylic acids is 1. The summed E-state index contributed by atoms with van der Waals surface area (Å²) in [5.74, 6) is -0.378. The number of benzene rings is 1. The molecule has 0 aromatic heterocycles. The summed E-state index contributed by atoms with van der Waals surface area (Å²) in [5, 5.41) is 0. The van der Waals surface area contributed by atoms with Gasteiger partial charge in [-0.3, -0.25) is 0 Å². The van der Waals surface area contributed by atoms with Crippen LogP contribution in [0, 0.1) is 5.41 Å². The molecular formula is C28H40O4. The minimum absolute atomic E-state index is 0.105. The van der Waals surface area contributed by atoms with Gasteiger partial charge in [-0.25, -0.2) is 4.79 Å². The predicted octanol–water partition coefficient (Wildman–Crippen LogP) is 6.78. The van der Waals surface area contributed by atoms with Gasteiger partial charge in [0.25, 0.3) is 0 Å². The molecule has 4 nitrogen and oxygen atoms in total. The molecule has 0 radical (unpaired) electrons. The summed E-state index contributed by atoms with van der Waals surface area (Å²) in [6, 6.07) is 9.09. The predicted molar refractivity (Wildman–Crippen MR) is 126 cm³/mol. The Morgan fingerprint density at radius 1 is 1.00 bits per heavy atom. The van der Waals surface area contributed by atoms with Crippen molar-refractivity contribution < 1.29 is 19.0 Å². The maximum absolute atomic E-state index is 11.7. The van der Waals surface area contributed by atoms with Crippen LogP contribution in [0.1, 0.15) is 102 Å². The highest BCUT2D eigenvalue weighted by molar-refractivity contribution is 5.81. The average molecular weight is 441 g/mol. The van der Waals surface area contributed by atoms with Crippen molar-refractivity contribution in [2.45, 2.75) is 102 Å². The van der Waals surface area contributed by atoms with Gasteiger partial charge >= 0.3 is 5.97 Å². The third kappa shape index (κ3) is 5.28. The molecule has 3 aliphatic carbocycles. The van der Waals surface area contributed by atoms with Gasteiger partial charge in [-0.1, -0.05) is 63.5 Å². The highest BCUT2D eigenvalue weighted by Gasteiger charge is 2.48. The van der Waals surface area contributed by atoms with Gasteiger partial charge in [0.1, 0.15) is 12.7 Å². The summed E-state index contributed by atoms with van der Waals surface area (Å²) < 4.78 is 17.0. The minimum Gasteiger partial charge on any atom is -0.430 e. The third-order valence-electron chi connectivity index (χ3n) is 8.21. The van der Waals surface area contributed by atoms with E-state index in [0.29, 0.717) is 17.4 Å². The van der Waals surface area contributed by atoms with E-state index in [4.69, 9.17) is 14.2 Å². The molecule has 3 saturated carbocycles. The van der Waals surface area contributed by atoms with Crippen LogP contribution in [-0.4, -0.2) is 25.5 Å². The number of ether oxygens (including phenoxy) is 3. The first kappa shape index (κ1) is 23.5. The Kier molecular flexibility index (Phi) is 7.73. The van der Waals surface area contributed by atoms with Gasteiger partial charge in [0.05, 0.1) is 6.61 Å². The first-order chi connectivity index (χ1) is 15.6. The Balaban J connectivity index is 1.29. The van der Waals surface area contributed by atoms with Crippen molar-refractivity contribution in [1.82, 2.24) is 0 Å². The molecule has 2 bridgehead atoms. The number of unbranched alkanes of at least 4 members (excludes halogenated alkanes) is 2. The molecule has 1 aliphatic heterocycles. The highest BCUT2D eigenvalue weighted by atomic mass is 16.7. The van der Waals surface area contributed by atoms with Crippen LogP contribution in [0.2, 0.25) is 0 Å². The van der Waals surface area contributed by atoms with Crippen molar-refractivity contribution in [2.24, 2.45) is 5.41 Å². The number of carbonyl (C=O) groups is 1. The van der Waals surface area contributed by atoms with Crippen molar-refractivity contribution in [3.8, 4) is 0 Å². The summed E-state index contributed by atoms with van der Waals surface area (Å²) in [5.41, 5.74) is 3.69. The monoisotopic (exact) mass is 440 g/mol. The van der Waals surface area contributed by atoms with Crippen LogP contribution in [0.3, 0.4) is 0 Å². The van der Waals surface area contributed by atoms with Gasteiger partial charge in [0.2, 0.25) is 6.29 Å². The highest BCUT2D eigenvalue weighted by Crippen LogP contribution is 2.59. The van der Waals surface area contributed by atoms with Crippen molar-refractivity contribution in [3.05, 3.63) is 47.5 Å². The van der Waals surface area contributed by atoms with E-state index in [1.165, 1.54) is 75.8 Å². The molecule has 4 aliphatic rings. The quantitative estimate of drug-likeness (QED) is 0.241. The Morgan fingerprint density at radius 3 is 2.31 bits per heavy atom. The number of rotatable bonds is 9. The van der Waals surface area contributed by atoms with Crippen LogP contribution in [-0.2, 0) is 24.4 Å². The molecule has 1 heterocycles. The lowest BCUT2D eigenvalue weighted by molar-refractivity contribution is -0.230. The van der Waals surface area contributed by atoms with Gasteiger partial charge in [-0.2, -0.15) is 0 Å². The first-order valence-electron chi connectivity index (χ1n) is 12.8. The van der Waals surface area contributed by atoms with Crippen LogP contribution < -0.4 is 0 Å². The van der Waals surface area contributed by atoms with Crippen LogP contribution in [0.25, 0.3) is 0 Å². The number of allylic oxidation sites excluding steroid dienone is 1. The largest absolute Gasteiger partial charge is 0.430 e. The lowest BCUT2D eigenvalue weighted by Crippen LogP contribution is -2.44. The van der Waals surface area contributed by atoms with Gasteiger partial charge in [-0.05, 0) is 73.3 Å². The molecule has 32 heavy (non-hydrogen) atoms. The summed E-state index contributed by atoms with van der Waals surface area (Å²) >= 11 is 0. The Hall–Kier alpha value is -1.65. The Morgan fingerprint density at radius 2 is 1.72 bits per heavy atom. The topological polar surface area (TPSA) is 44.8 Å². The zero-order valence-corrected chi connectivity index (χ0v) is 19.9. The first-order valence-corrected chi connectivity index (χ1v) is 12.8. The number of fused-ring (bicyclic) bond motifs is 3. The molecule has 4 fully saturated rings. The van der Waals surface area contributed by atoms with Gasteiger partial charge < -0.3 is 14.2 Å². The second kappa shape index (κ2) is 10.5. The molecule has 1 aromatic carbocycles. The SMILES string of the molecule is CC/C=C/C(=O)OC1COC(c2ccc(C34CCC(CCCCC)(CC3)CC4)cc2)CO1. The smallest absolute Gasteiger partial charge is 0.332 e. The van der Waals surface area contributed by atoms with Gasteiger partial charge in [0, 0.05) is 6.08 Å². The summed E-state index contributed by atoms with van der Waals surface area (Å²) in [6.45, 7) is 4.95. The van der Waals surface area contributed by atoms with Crippen LogP contribution >= 0.6 is 0 Å². The molecule has 4 heteroatoms. The van der Waals surface area contributed by atoms with E-state index in [2.05, 4.69) is 31.2 Å². The zero-order chi connectivity index (χ0) is 22.4. The van der Waals surface area contributed by atoms with Crippen LogP contribution in [0.4, 0.5) is 0 Å². The standard InChI is InChI=1S/C28H40O4/c1-3-5-7-13-27-14-17-28(18-15-27,19-16-27)23-11-9-22(10-12-23)24-20-31-26(21-30-24)32-25(29)8-6-4-2/h6,8-12,24,26H,3-5,7,13-21H2,1-2H3/b8-6+. The maximum atomic E-state index is 11.7. The van der Waals surface area contributed by atoms with Crippen molar-refractivity contribution in [3.63, 3.8) is 0 Å². The van der Waals surface area contributed by atoms with Crippen molar-refractivity contribution in [2.75, 3.05) is 13.2 Å². The number of esters is 1. The second-order valence-electron chi connectivity index (χ2n) is 10.2. The summed E-state index contributed by atoms with van der Waals surface area (Å²) in [7, 11) is 0. The van der Waals surface area contributed by atoms with E-state index >= 15 is 0 Å². The van der Waals surface area contributed by atoms with E-state index in [-0.39, 0.29) is 18.7 Å². The zero-order valence-electron chi connectivity index (χ0n) is 19.9. The fourth-order valence-corrected chi connectivity index (χ4v) is 6.00. The molecule has 176 valence electrons. The van der Waals surface area contributed by atoms with E-state index in [1.807, 2.05) is 6.92 Å². The molecule has 2 unspecified atom stereocenters. The fraction of sp³-hybridized carbons (Fsp3) is 0.679. The van der Waals surface area contributed by atoms with Crippen LogP contribution in [0.15, 0.2) is 36.4 Å². The minimum atomic E-state index is -0.625. The lowest BCUT2D eigenvalue weighted by Gasteiger charge is -2.54. The van der Waals surface area contributed by atoms with Crippen LogP contribution in [0.5, 0.6) is 0 Å². The molecule has 1 aromatic rings. The van der Waals surface area contributed by atoms with Gasteiger partial charge in [0.15, 0.2) is 0 Å². The van der Waals surface area contributed by atoms with E-state index in [0.717, 1.165) is 12.0 Å². The molecule has 0 amide bonds. The third-order valence-corrected chi connectivity index (χ3v) is 8.21. The number of hydrogen-bond acceptors (Lipinski definition) is 4. The lowest BCUT2D eigenvalue weighted by atomic mass is 9.51. The second-order valence-corrected chi connectivity index (χ2v) is 10.2. The normalized spacial score (nSPS) is 32.3. The molecule has 1 saturated heterocycles. The van der Waals surface area contributed by atoms with Gasteiger partial charge in [-0.15, -0.1) is 0 Å².